The summed E-state index contributed by atoms with van der Waals surface area (Å²) in [6.45, 7) is 2.90. The molecule has 21 heavy (non-hydrogen) atoms. The predicted octanol–water partition coefficient (Wildman–Crippen LogP) is 1.08. The second kappa shape index (κ2) is 7.51. The predicted molar refractivity (Wildman–Crippen MR) is 73.3 cm³/mol. The monoisotopic (exact) mass is 296 g/mol. The molecule has 2 unspecified atom stereocenters. The lowest BCUT2D eigenvalue weighted by Crippen LogP contribution is -2.24. The third-order valence-electron chi connectivity index (χ3n) is 3.24. The zero-order chi connectivity index (χ0) is 15.2. The summed E-state index contributed by atoms with van der Waals surface area (Å²) in [5, 5.41) is 20.3. The quantitative estimate of drug-likeness (QED) is 0.764. The normalized spacial score (nSPS) is 18.4. The van der Waals surface area contributed by atoms with E-state index in [-0.39, 0.29) is 13.0 Å². The van der Waals surface area contributed by atoms with Crippen LogP contribution >= 0.6 is 0 Å². The van der Waals surface area contributed by atoms with Crippen LogP contribution in [0.5, 0.6) is 0 Å². The van der Waals surface area contributed by atoms with Gasteiger partial charge < -0.3 is 24.4 Å². The van der Waals surface area contributed by atoms with Crippen LogP contribution in [0, 0.1) is 0 Å². The number of rotatable bonds is 6. The molecule has 2 N–H and O–H groups in total. The van der Waals surface area contributed by atoms with E-state index < -0.39 is 24.5 Å². The van der Waals surface area contributed by atoms with E-state index in [2.05, 4.69) is 0 Å². The van der Waals surface area contributed by atoms with E-state index >= 15 is 0 Å². The van der Waals surface area contributed by atoms with Crippen molar-refractivity contribution in [2.45, 2.75) is 31.8 Å². The third-order valence-corrected chi connectivity index (χ3v) is 3.24. The van der Waals surface area contributed by atoms with Gasteiger partial charge in [0.2, 0.25) is 0 Å². The number of aliphatic hydroxyl groups excluding tert-OH is 2. The van der Waals surface area contributed by atoms with E-state index in [0.29, 0.717) is 24.3 Å². The van der Waals surface area contributed by atoms with Gasteiger partial charge in [-0.3, -0.25) is 4.79 Å². The SMILES string of the molecule is CCOC(=O)CC(O)C(O)c1ccccc1C1OCCO1. The fraction of sp³-hybridized carbons (Fsp3) is 0.533. The Labute approximate surface area is 123 Å². The largest absolute Gasteiger partial charge is 0.466 e. The van der Waals surface area contributed by atoms with Crippen molar-refractivity contribution in [1.82, 2.24) is 0 Å². The number of ether oxygens (including phenoxy) is 3. The minimum absolute atomic E-state index is 0.238. The molecule has 1 aliphatic rings. The molecular formula is C15H20O6. The molecule has 0 amide bonds. The summed E-state index contributed by atoms with van der Waals surface area (Å²) in [4.78, 5) is 11.4. The van der Waals surface area contributed by atoms with Crippen molar-refractivity contribution in [3.63, 3.8) is 0 Å². The maximum atomic E-state index is 11.4. The van der Waals surface area contributed by atoms with Crippen LogP contribution in [0.15, 0.2) is 24.3 Å². The van der Waals surface area contributed by atoms with Gasteiger partial charge in [0.05, 0.1) is 32.3 Å². The molecule has 1 aromatic rings. The van der Waals surface area contributed by atoms with Crippen molar-refractivity contribution >= 4 is 5.97 Å². The molecule has 1 fully saturated rings. The summed E-state index contributed by atoms with van der Waals surface area (Å²) in [7, 11) is 0. The van der Waals surface area contributed by atoms with Crippen LogP contribution in [0.3, 0.4) is 0 Å². The number of benzene rings is 1. The average molecular weight is 296 g/mol. The van der Waals surface area contributed by atoms with Gasteiger partial charge >= 0.3 is 5.97 Å². The Hall–Kier alpha value is -1.47. The lowest BCUT2D eigenvalue weighted by atomic mass is 9.97. The maximum Gasteiger partial charge on any atom is 0.308 e. The van der Waals surface area contributed by atoms with Gasteiger partial charge in [-0.2, -0.15) is 0 Å². The first kappa shape index (κ1) is 15.9. The molecule has 6 heteroatoms. The minimum atomic E-state index is -1.24. The molecule has 2 rings (SSSR count). The van der Waals surface area contributed by atoms with E-state index in [1.165, 1.54) is 0 Å². The highest BCUT2D eigenvalue weighted by Crippen LogP contribution is 2.31. The van der Waals surface area contributed by atoms with Gasteiger partial charge in [0.15, 0.2) is 6.29 Å². The summed E-state index contributed by atoms with van der Waals surface area (Å²) >= 11 is 0. The number of hydrogen-bond acceptors (Lipinski definition) is 6. The Morgan fingerprint density at radius 1 is 1.33 bits per heavy atom. The van der Waals surface area contributed by atoms with Crippen LogP contribution < -0.4 is 0 Å². The van der Waals surface area contributed by atoms with E-state index in [1.54, 1.807) is 31.2 Å². The van der Waals surface area contributed by atoms with Gasteiger partial charge in [-0.15, -0.1) is 0 Å². The molecule has 0 aromatic heterocycles. The van der Waals surface area contributed by atoms with Crippen molar-refractivity contribution in [2.24, 2.45) is 0 Å². The zero-order valence-electron chi connectivity index (χ0n) is 11.9. The van der Waals surface area contributed by atoms with Gasteiger partial charge in [0.1, 0.15) is 6.10 Å². The Balaban J connectivity index is 2.11. The first-order valence-corrected chi connectivity index (χ1v) is 6.97. The number of aliphatic hydroxyl groups is 2. The van der Waals surface area contributed by atoms with Gasteiger partial charge in [-0.25, -0.2) is 0 Å². The summed E-state index contributed by atoms with van der Waals surface area (Å²) in [5.74, 6) is -0.546. The highest BCUT2D eigenvalue weighted by molar-refractivity contribution is 5.70. The van der Waals surface area contributed by atoms with Crippen LogP contribution in [0.1, 0.15) is 36.9 Å². The first-order valence-electron chi connectivity index (χ1n) is 6.97. The van der Waals surface area contributed by atoms with E-state index in [0.717, 1.165) is 0 Å². The smallest absolute Gasteiger partial charge is 0.308 e. The van der Waals surface area contributed by atoms with Crippen LogP contribution in [0.4, 0.5) is 0 Å². The van der Waals surface area contributed by atoms with E-state index in [9.17, 15) is 15.0 Å². The minimum Gasteiger partial charge on any atom is -0.466 e. The summed E-state index contributed by atoms with van der Waals surface area (Å²) in [6.07, 6.45) is -3.27. The zero-order valence-corrected chi connectivity index (χ0v) is 11.9. The third kappa shape index (κ3) is 4.01. The lowest BCUT2D eigenvalue weighted by Gasteiger charge is -2.22. The van der Waals surface area contributed by atoms with Gasteiger partial charge in [0, 0.05) is 5.56 Å². The molecule has 116 valence electrons. The van der Waals surface area contributed by atoms with Gasteiger partial charge in [0.25, 0.3) is 0 Å². The van der Waals surface area contributed by atoms with Crippen molar-refractivity contribution in [3.8, 4) is 0 Å². The van der Waals surface area contributed by atoms with E-state index in [4.69, 9.17) is 14.2 Å². The molecule has 6 nitrogen and oxygen atoms in total. The molecule has 0 spiro atoms. The molecule has 0 radical (unpaired) electrons. The Morgan fingerprint density at radius 3 is 2.67 bits per heavy atom. The number of hydrogen-bond donors (Lipinski definition) is 2. The molecule has 0 saturated carbocycles. The molecule has 1 aromatic carbocycles. The van der Waals surface area contributed by atoms with Crippen LogP contribution in [0.2, 0.25) is 0 Å². The summed E-state index contributed by atoms with van der Waals surface area (Å²) < 4.78 is 15.6. The lowest BCUT2D eigenvalue weighted by molar-refractivity contribution is -0.147. The van der Waals surface area contributed by atoms with Crippen molar-refractivity contribution in [2.75, 3.05) is 19.8 Å². The average Bonchev–Trinajstić information content (AvgIpc) is 3.00. The standard InChI is InChI=1S/C15H20O6/c1-2-19-13(17)9-12(16)14(18)10-5-3-4-6-11(10)15-20-7-8-21-15/h3-6,12,14-16,18H,2,7-9H2,1H3. The van der Waals surface area contributed by atoms with Crippen molar-refractivity contribution < 1.29 is 29.2 Å². The molecule has 1 aliphatic heterocycles. The molecule has 1 saturated heterocycles. The van der Waals surface area contributed by atoms with Crippen molar-refractivity contribution in [1.29, 1.82) is 0 Å². The second-order valence-electron chi connectivity index (χ2n) is 4.72. The van der Waals surface area contributed by atoms with E-state index in [1.807, 2.05) is 0 Å². The Morgan fingerprint density at radius 2 is 2.00 bits per heavy atom. The Kier molecular flexibility index (Phi) is 5.69. The topological polar surface area (TPSA) is 85.2 Å². The maximum absolute atomic E-state index is 11.4. The highest BCUT2D eigenvalue weighted by Gasteiger charge is 2.28. The van der Waals surface area contributed by atoms with Crippen molar-refractivity contribution in [3.05, 3.63) is 35.4 Å². The fourth-order valence-corrected chi connectivity index (χ4v) is 2.24. The highest BCUT2D eigenvalue weighted by atomic mass is 16.7. The second-order valence-corrected chi connectivity index (χ2v) is 4.72. The number of esters is 1. The molecular weight excluding hydrogens is 276 g/mol. The summed E-state index contributed by atoms with van der Waals surface area (Å²) in [5.41, 5.74) is 1.15. The first-order chi connectivity index (χ1) is 10.1. The molecule has 1 heterocycles. The molecule has 0 aliphatic carbocycles. The molecule has 0 bridgehead atoms. The van der Waals surface area contributed by atoms with Crippen LogP contribution in [-0.4, -0.2) is 42.1 Å². The molecule has 2 atom stereocenters. The van der Waals surface area contributed by atoms with Crippen LogP contribution in [-0.2, 0) is 19.0 Å². The van der Waals surface area contributed by atoms with Gasteiger partial charge in [-0.1, -0.05) is 24.3 Å². The number of carbonyl (C=O) groups excluding carboxylic acids is 1. The van der Waals surface area contributed by atoms with Gasteiger partial charge in [-0.05, 0) is 12.5 Å². The Bertz CT molecular complexity index is 469. The summed E-state index contributed by atoms with van der Waals surface area (Å²) in [6, 6.07) is 6.99. The van der Waals surface area contributed by atoms with Crippen LogP contribution in [0.25, 0.3) is 0 Å². The fourth-order valence-electron chi connectivity index (χ4n) is 2.24. The number of carbonyl (C=O) groups is 1.